The van der Waals surface area contributed by atoms with Crippen molar-refractivity contribution in [3.05, 3.63) is 29.8 Å². The first kappa shape index (κ1) is 16.8. The highest BCUT2D eigenvalue weighted by Gasteiger charge is 2.30. The fourth-order valence-corrected chi connectivity index (χ4v) is 2.98. The van der Waals surface area contributed by atoms with E-state index in [1.165, 1.54) is 23.9 Å². The Morgan fingerprint density at radius 3 is 2.04 bits per heavy atom. The van der Waals surface area contributed by atoms with E-state index >= 15 is 0 Å². The Bertz CT molecular complexity index is 683. The third-order valence-corrected chi connectivity index (χ3v) is 4.47. The maximum atomic E-state index is 12.7. The van der Waals surface area contributed by atoms with Gasteiger partial charge < -0.3 is 9.80 Å². The number of anilines is 1. The molecule has 128 valence electrons. The molecule has 24 heavy (non-hydrogen) atoms. The van der Waals surface area contributed by atoms with Gasteiger partial charge in [0.15, 0.2) is 0 Å². The Morgan fingerprint density at radius 1 is 1.04 bits per heavy atom. The molecule has 1 saturated heterocycles. The number of hydrogen-bond acceptors (Lipinski definition) is 5. The summed E-state index contributed by atoms with van der Waals surface area (Å²) < 4.78 is 38.2. The molecule has 0 unspecified atom stereocenters. The molecule has 0 aromatic heterocycles. The number of thioether (sulfide) groups is 1. The minimum absolute atomic E-state index is 0.0370. The number of halogens is 3. The number of nitrogens with zero attached hydrogens (tertiary/aromatic N) is 4. The summed E-state index contributed by atoms with van der Waals surface area (Å²) in [5.74, 6) is 0.487. The van der Waals surface area contributed by atoms with Crippen LogP contribution >= 0.6 is 11.8 Å². The number of fused-ring (bicyclic) bond motifs is 1. The lowest BCUT2D eigenvalue weighted by Gasteiger charge is -2.33. The van der Waals surface area contributed by atoms with E-state index in [0.29, 0.717) is 43.5 Å². The molecule has 0 bridgehead atoms. The van der Waals surface area contributed by atoms with Gasteiger partial charge in [-0.2, -0.15) is 13.2 Å². The molecule has 1 fully saturated rings. The van der Waals surface area contributed by atoms with Crippen LogP contribution in [-0.2, 0) is 6.18 Å². The van der Waals surface area contributed by atoms with Crippen molar-refractivity contribution in [3.63, 3.8) is 0 Å². The van der Waals surface area contributed by atoms with Crippen molar-refractivity contribution in [2.75, 3.05) is 37.3 Å². The monoisotopic (exact) mass is 356 g/mol. The lowest BCUT2D eigenvalue weighted by atomic mass is 10.3. The summed E-state index contributed by atoms with van der Waals surface area (Å²) in [6.45, 7) is 2.36. The van der Waals surface area contributed by atoms with Crippen LogP contribution in [0.5, 0.6) is 0 Å². The Balaban J connectivity index is 1.78. The molecule has 2 aliphatic heterocycles. The quantitative estimate of drug-likeness (QED) is 0.785. The molecule has 3 rings (SSSR count). The highest BCUT2D eigenvalue weighted by Crippen LogP contribution is 2.31. The molecule has 0 atom stereocenters. The average molecular weight is 356 g/mol. The second-order valence-electron chi connectivity index (χ2n) is 5.36. The van der Waals surface area contributed by atoms with Gasteiger partial charge in [0.1, 0.15) is 0 Å². The van der Waals surface area contributed by atoms with E-state index in [4.69, 9.17) is 0 Å². The van der Waals surface area contributed by atoms with Crippen LogP contribution in [0.1, 0.15) is 5.56 Å². The number of piperazine rings is 1. The first-order valence-corrected chi connectivity index (χ1v) is 8.54. The fourth-order valence-electron chi connectivity index (χ4n) is 2.54. The molecule has 0 aromatic carbocycles. The van der Waals surface area contributed by atoms with Crippen molar-refractivity contribution in [1.29, 1.82) is 0 Å². The zero-order valence-corrected chi connectivity index (χ0v) is 13.7. The molecule has 0 radical (unpaired) electrons. The van der Waals surface area contributed by atoms with Crippen molar-refractivity contribution in [2.24, 2.45) is 0 Å². The van der Waals surface area contributed by atoms with Gasteiger partial charge in [0.2, 0.25) is 5.95 Å². The second kappa shape index (κ2) is 6.46. The average Bonchev–Trinajstić information content (AvgIpc) is 2.85. The van der Waals surface area contributed by atoms with E-state index in [0.717, 1.165) is 12.1 Å². The van der Waals surface area contributed by atoms with E-state index in [-0.39, 0.29) is 5.24 Å². The summed E-state index contributed by atoms with van der Waals surface area (Å²) in [6, 6.07) is 4.69. The van der Waals surface area contributed by atoms with Crippen molar-refractivity contribution in [1.82, 2.24) is 14.9 Å². The molecule has 0 N–H and O–H groups in total. The topological polar surface area (TPSA) is 49.3 Å². The smallest absolute Gasteiger partial charge is 0.337 e. The first-order valence-electron chi connectivity index (χ1n) is 7.31. The van der Waals surface area contributed by atoms with E-state index in [2.05, 4.69) is 9.97 Å². The van der Waals surface area contributed by atoms with Gasteiger partial charge in [0.05, 0.1) is 17.0 Å². The van der Waals surface area contributed by atoms with Gasteiger partial charge in [-0.15, -0.1) is 0 Å². The SMILES string of the molecule is CSC(=O)N1CCN(c2nc3ccc(C(F)(F)F)ccc-3n2)CC1. The highest BCUT2D eigenvalue weighted by atomic mass is 32.2. The number of imidazole rings is 1. The van der Waals surface area contributed by atoms with E-state index in [9.17, 15) is 18.0 Å². The Morgan fingerprint density at radius 2 is 1.58 bits per heavy atom. The zero-order valence-electron chi connectivity index (χ0n) is 12.9. The van der Waals surface area contributed by atoms with E-state index in [1.54, 1.807) is 11.2 Å². The summed E-state index contributed by atoms with van der Waals surface area (Å²) in [4.78, 5) is 24.0. The summed E-state index contributed by atoms with van der Waals surface area (Å²) in [5.41, 5.74) is 0.110. The molecule has 0 spiro atoms. The number of rotatable bonds is 1. The highest BCUT2D eigenvalue weighted by molar-refractivity contribution is 8.12. The van der Waals surface area contributed by atoms with Crippen LogP contribution < -0.4 is 4.90 Å². The van der Waals surface area contributed by atoms with Gasteiger partial charge in [0, 0.05) is 26.2 Å². The third kappa shape index (κ3) is 3.40. The van der Waals surface area contributed by atoms with Gasteiger partial charge in [0.25, 0.3) is 5.24 Å². The van der Waals surface area contributed by atoms with Crippen LogP contribution in [-0.4, -0.2) is 52.5 Å². The lowest BCUT2D eigenvalue weighted by molar-refractivity contribution is -0.137. The summed E-state index contributed by atoms with van der Waals surface area (Å²) in [6.07, 6.45) is -2.64. The maximum Gasteiger partial charge on any atom is 0.416 e. The molecule has 3 aliphatic rings. The number of aromatic nitrogens is 2. The van der Waals surface area contributed by atoms with E-state index < -0.39 is 11.7 Å². The minimum atomic E-state index is -4.39. The molecule has 0 aromatic rings. The Labute approximate surface area is 141 Å². The van der Waals surface area contributed by atoms with Crippen LogP contribution in [0.3, 0.4) is 0 Å². The molecule has 9 heteroatoms. The third-order valence-electron chi connectivity index (χ3n) is 3.87. The maximum absolute atomic E-state index is 12.7. The molecule has 0 saturated carbocycles. The predicted octanol–water partition coefficient (Wildman–Crippen LogP) is 3.21. The van der Waals surface area contributed by atoms with Gasteiger partial charge in [-0.05, 0) is 30.5 Å². The zero-order chi connectivity index (χ0) is 17.3. The van der Waals surface area contributed by atoms with Crippen molar-refractivity contribution >= 4 is 22.9 Å². The standard InChI is InChI=1S/C15H15F3N4OS/c1-24-14(23)22-8-6-21(7-9-22)13-19-11-4-2-10(15(16,17)18)3-5-12(11)20-13/h2-5H,6-9H2,1H3. The molecular weight excluding hydrogens is 341 g/mol. The molecule has 1 amide bonds. The number of amides is 1. The van der Waals surface area contributed by atoms with Crippen molar-refractivity contribution < 1.29 is 18.0 Å². The predicted molar refractivity (Wildman–Crippen MR) is 86.4 cm³/mol. The largest absolute Gasteiger partial charge is 0.416 e. The van der Waals surface area contributed by atoms with Gasteiger partial charge in [-0.1, -0.05) is 11.8 Å². The van der Waals surface area contributed by atoms with Crippen LogP contribution in [0, 0.1) is 0 Å². The van der Waals surface area contributed by atoms with Gasteiger partial charge in [-0.3, -0.25) is 4.79 Å². The number of carbonyl (C=O) groups is 1. The van der Waals surface area contributed by atoms with E-state index in [1.807, 2.05) is 4.90 Å². The Kier molecular flexibility index (Phi) is 4.53. The van der Waals surface area contributed by atoms with Gasteiger partial charge >= 0.3 is 6.18 Å². The molecule has 1 aliphatic carbocycles. The van der Waals surface area contributed by atoms with Crippen LogP contribution in [0.25, 0.3) is 11.4 Å². The lowest BCUT2D eigenvalue weighted by Crippen LogP contribution is -2.48. The van der Waals surface area contributed by atoms with Crippen LogP contribution in [0.15, 0.2) is 24.3 Å². The molecule has 5 nitrogen and oxygen atoms in total. The fraction of sp³-hybridized carbons (Fsp3) is 0.400. The first-order chi connectivity index (χ1) is 11.4. The number of alkyl halides is 3. The summed E-state index contributed by atoms with van der Waals surface area (Å²) in [7, 11) is 0. The number of carbonyl (C=O) groups excluding carboxylic acids is 1. The van der Waals surface area contributed by atoms with Crippen molar-refractivity contribution in [2.45, 2.75) is 6.18 Å². The summed E-state index contributed by atoms with van der Waals surface area (Å²) in [5, 5.41) is 0.0370. The summed E-state index contributed by atoms with van der Waals surface area (Å²) >= 11 is 1.18. The molecular formula is C15H15F3N4OS. The normalized spacial score (nSPS) is 15.8. The number of hydrogen-bond donors (Lipinski definition) is 0. The second-order valence-corrected chi connectivity index (χ2v) is 6.12. The van der Waals surface area contributed by atoms with Crippen LogP contribution in [0.2, 0.25) is 0 Å². The van der Waals surface area contributed by atoms with Crippen molar-refractivity contribution in [3.8, 4) is 11.4 Å². The van der Waals surface area contributed by atoms with Gasteiger partial charge in [-0.25, -0.2) is 9.97 Å². The Hall–Kier alpha value is -2.03. The minimum Gasteiger partial charge on any atom is -0.337 e. The molecule has 2 heterocycles. The van der Waals surface area contributed by atoms with Crippen LogP contribution in [0.4, 0.5) is 23.9 Å².